The van der Waals surface area contributed by atoms with Gasteiger partial charge in [0.05, 0.1) is 5.71 Å². The Kier molecular flexibility index (Phi) is 2.71. The number of benzene rings is 1. The van der Waals surface area contributed by atoms with Crippen molar-refractivity contribution >= 4 is 33.1 Å². The van der Waals surface area contributed by atoms with E-state index < -0.39 is 0 Å². The van der Waals surface area contributed by atoms with Crippen molar-refractivity contribution < 1.29 is 4.74 Å². The summed E-state index contributed by atoms with van der Waals surface area (Å²) < 4.78 is 6.55. The maximum Gasteiger partial charge on any atom is 0.245 e. The summed E-state index contributed by atoms with van der Waals surface area (Å²) in [5.74, 6) is 0.762. The van der Waals surface area contributed by atoms with E-state index in [0.29, 0.717) is 24.0 Å². The number of fused-ring (bicyclic) bond motifs is 1. The number of nitrogens with zero attached hydrogens (tertiary/aromatic N) is 3. The van der Waals surface area contributed by atoms with Crippen LogP contribution in [0.3, 0.4) is 0 Å². The number of anilines is 1. The van der Waals surface area contributed by atoms with Crippen LogP contribution in [0.4, 0.5) is 11.5 Å². The molecule has 0 fully saturated rings. The molecule has 90 valence electrons. The topological polar surface area (TPSA) is 73.4 Å². The number of nitrogens with two attached hydrogens (primary N) is 1. The van der Waals surface area contributed by atoms with Crippen LogP contribution in [-0.2, 0) is 0 Å². The molecule has 5 nitrogen and oxygen atoms in total. The predicted octanol–water partition coefficient (Wildman–Crippen LogP) is 2.33. The molecule has 2 aromatic rings. The molecule has 0 radical (unpaired) electrons. The fourth-order valence-electron chi connectivity index (χ4n) is 1.68. The molecule has 1 aromatic heterocycles. The maximum absolute atomic E-state index is 5.76. The van der Waals surface area contributed by atoms with Crippen LogP contribution in [0.2, 0.25) is 0 Å². The minimum Gasteiger partial charge on any atom is -0.469 e. The standard InChI is InChI=1S/C12H9BrN4O/c13-8-3-1-7(2-4-8)9-5-18-12-10(17-9)11(14)15-6-16-12/h1-4,6H,5H2,(H2,14,15,16). The van der Waals surface area contributed by atoms with Gasteiger partial charge in [-0.05, 0) is 17.7 Å². The minimum atomic E-state index is 0.328. The SMILES string of the molecule is Nc1ncnc2c1N=C(c1ccc(Br)cc1)CO2. The molecule has 0 amide bonds. The fourth-order valence-corrected chi connectivity index (χ4v) is 1.94. The summed E-state index contributed by atoms with van der Waals surface area (Å²) in [5.41, 5.74) is 8.07. The first kappa shape index (κ1) is 11.2. The van der Waals surface area contributed by atoms with Gasteiger partial charge < -0.3 is 10.5 Å². The third kappa shape index (κ3) is 1.95. The van der Waals surface area contributed by atoms with E-state index in [1.165, 1.54) is 6.33 Å². The van der Waals surface area contributed by atoms with Crippen molar-refractivity contribution in [1.29, 1.82) is 0 Å². The molecule has 3 rings (SSSR count). The highest BCUT2D eigenvalue weighted by molar-refractivity contribution is 9.10. The molecule has 0 aliphatic carbocycles. The highest BCUT2D eigenvalue weighted by Gasteiger charge is 2.18. The van der Waals surface area contributed by atoms with Crippen molar-refractivity contribution in [2.24, 2.45) is 4.99 Å². The van der Waals surface area contributed by atoms with E-state index in [4.69, 9.17) is 10.5 Å². The van der Waals surface area contributed by atoms with Crippen LogP contribution < -0.4 is 10.5 Å². The molecular weight excluding hydrogens is 296 g/mol. The average Bonchev–Trinajstić information content (AvgIpc) is 2.40. The van der Waals surface area contributed by atoms with Gasteiger partial charge >= 0.3 is 0 Å². The fraction of sp³-hybridized carbons (Fsp3) is 0.0833. The molecule has 1 aliphatic rings. The molecule has 2 N–H and O–H groups in total. The maximum atomic E-state index is 5.76. The zero-order chi connectivity index (χ0) is 12.5. The average molecular weight is 305 g/mol. The van der Waals surface area contributed by atoms with E-state index in [2.05, 4.69) is 30.9 Å². The van der Waals surface area contributed by atoms with Crippen LogP contribution in [0, 0.1) is 0 Å². The Morgan fingerprint density at radius 3 is 2.72 bits per heavy atom. The molecule has 6 heteroatoms. The Morgan fingerprint density at radius 1 is 1.17 bits per heavy atom. The van der Waals surface area contributed by atoms with Crippen LogP contribution in [-0.4, -0.2) is 22.3 Å². The van der Waals surface area contributed by atoms with Crippen molar-refractivity contribution in [3.8, 4) is 5.88 Å². The second-order valence-corrected chi connectivity index (χ2v) is 4.68. The molecule has 1 aliphatic heterocycles. The van der Waals surface area contributed by atoms with Crippen LogP contribution in [0.25, 0.3) is 0 Å². The highest BCUT2D eigenvalue weighted by atomic mass is 79.9. The number of hydrogen-bond acceptors (Lipinski definition) is 5. The largest absolute Gasteiger partial charge is 0.469 e. The molecular formula is C12H9BrN4O. The smallest absolute Gasteiger partial charge is 0.245 e. The summed E-state index contributed by atoms with van der Waals surface area (Å²) in [6, 6.07) is 7.85. The molecule has 0 saturated carbocycles. The van der Waals surface area contributed by atoms with Crippen LogP contribution >= 0.6 is 15.9 Å². The van der Waals surface area contributed by atoms with Gasteiger partial charge in [0.1, 0.15) is 12.9 Å². The summed E-state index contributed by atoms with van der Waals surface area (Å²) in [5, 5.41) is 0. The third-order valence-electron chi connectivity index (χ3n) is 2.59. The van der Waals surface area contributed by atoms with E-state index in [-0.39, 0.29) is 0 Å². The van der Waals surface area contributed by atoms with E-state index in [1.54, 1.807) is 0 Å². The lowest BCUT2D eigenvalue weighted by Gasteiger charge is -2.16. The Hall–Kier alpha value is -1.95. The number of hydrogen-bond donors (Lipinski definition) is 1. The Labute approximate surface area is 112 Å². The summed E-state index contributed by atoms with van der Waals surface area (Å²) in [4.78, 5) is 12.4. The monoisotopic (exact) mass is 304 g/mol. The zero-order valence-corrected chi connectivity index (χ0v) is 10.9. The molecule has 1 aromatic carbocycles. The molecule has 0 atom stereocenters. The number of nitrogen functional groups attached to an aromatic ring is 1. The molecule has 0 saturated heterocycles. The van der Waals surface area contributed by atoms with Crippen molar-refractivity contribution in [3.63, 3.8) is 0 Å². The third-order valence-corrected chi connectivity index (χ3v) is 3.12. The molecule has 0 spiro atoms. The normalized spacial score (nSPS) is 13.5. The first-order valence-electron chi connectivity index (χ1n) is 5.31. The van der Waals surface area contributed by atoms with E-state index >= 15 is 0 Å². The van der Waals surface area contributed by atoms with Gasteiger partial charge in [-0.1, -0.05) is 28.1 Å². The Morgan fingerprint density at radius 2 is 1.94 bits per heavy atom. The van der Waals surface area contributed by atoms with E-state index in [1.807, 2.05) is 24.3 Å². The summed E-state index contributed by atoms with van der Waals surface area (Å²) in [6.45, 7) is 0.380. The lowest BCUT2D eigenvalue weighted by molar-refractivity contribution is 0.357. The second-order valence-electron chi connectivity index (χ2n) is 3.77. The lowest BCUT2D eigenvalue weighted by atomic mass is 10.1. The second kappa shape index (κ2) is 4.38. The van der Waals surface area contributed by atoms with Crippen LogP contribution in [0.5, 0.6) is 5.88 Å². The summed E-state index contributed by atoms with van der Waals surface area (Å²) in [6.07, 6.45) is 1.37. The van der Waals surface area contributed by atoms with Gasteiger partial charge in [0.15, 0.2) is 11.5 Å². The number of halogens is 1. The van der Waals surface area contributed by atoms with Crippen LogP contribution in [0.1, 0.15) is 5.56 Å². The number of aliphatic imine (C=N–C) groups is 1. The Balaban J connectivity index is 2.05. The van der Waals surface area contributed by atoms with Gasteiger partial charge in [-0.25, -0.2) is 9.98 Å². The molecule has 2 heterocycles. The van der Waals surface area contributed by atoms with Gasteiger partial charge in [0.25, 0.3) is 0 Å². The van der Waals surface area contributed by atoms with Gasteiger partial charge in [0.2, 0.25) is 5.88 Å². The number of ether oxygens (including phenoxy) is 1. The summed E-state index contributed by atoms with van der Waals surface area (Å²) >= 11 is 3.40. The zero-order valence-electron chi connectivity index (χ0n) is 9.30. The lowest BCUT2D eigenvalue weighted by Crippen LogP contribution is -2.17. The van der Waals surface area contributed by atoms with Crippen molar-refractivity contribution in [3.05, 3.63) is 40.6 Å². The highest BCUT2D eigenvalue weighted by Crippen LogP contribution is 2.33. The van der Waals surface area contributed by atoms with Crippen molar-refractivity contribution in [1.82, 2.24) is 9.97 Å². The van der Waals surface area contributed by atoms with E-state index in [0.717, 1.165) is 15.7 Å². The van der Waals surface area contributed by atoms with Gasteiger partial charge in [-0.15, -0.1) is 0 Å². The van der Waals surface area contributed by atoms with Crippen molar-refractivity contribution in [2.45, 2.75) is 0 Å². The number of aromatic nitrogens is 2. The molecule has 0 unspecified atom stereocenters. The van der Waals surface area contributed by atoms with Gasteiger partial charge in [-0.3, -0.25) is 0 Å². The molecule has 0 bridgehead atoms. The van der Waals surface area contributed by atoms with Gasteiger partial charge in [-0.2, -0.15) is 4.98 Å². The quantitative estimate of drug-likeness (QED) is 0.877. The van der Waals surface area contributed by atoms with Crippen LogP contribution in [0.15, 0.2) is 40.1 Å². The summed E-state index contributed by atoms with van der Waals surface area (Å²) in [7, 11) is 0. The van der Waals surface area contributed by atoms with E-state index in [9.17, 15) is 0 Å². The van der Waals surface area contributed by atoms with Gasteiger partial charge in [0, 0.05) is 4.47 Å². The Bertz CT molecular complexity index is 624. The first-order valence-corrected chi connectivity index (χ1v) is 6.10. The molecule has 18 heavy (non-hydrogen) atoms. The number of rotatable bonds is 1. The predicted molar refractivity (Wildman–Crippen MR) is 72.3 cm³/mol. The van der Waals surface area contributed by atoms with Crippen molar-refractivity contribution in [2.75, 3.05) is 12.3 Å². The minimum absolute atomic E-state index is 0.328. The first-order chi connectivity index (χ1) is 8.74.